The molecule has 1 aliphatic heterocycles. The molecule has 0 radical (unpaired) electrons. The van der Waals surface area contributed by atoms with Crippen LogP contribution in [0.1, 0.15) is 63.3 Å². The van der Waals surface area contributed by atoms with Crippen LogP contribution >= 0.6 is 0 Å². The van der Waals surface area contributed by atoms with Gasteiger partial charge in [0.15, 0.2) is 11.6 Å². The Hall–Kier alpha value is -4.64. The van der Waals surface area contributed by atoms with Crippen LogP contribution in [0.25, 0.3) is 17.2 Å². The molecule has 42 heavy (non-hydrogen) atoms. The quantitative estimate of drug-likeness (QED) is 0.178. The lowest BCUT2D eigenvalue weighted by Crippen LogP contribution is -2.41. The number of aromatic nitrogens is 5. The average Bonchev–Trinajstić information content (AvgIpc) is 3.51. The maximum atomic E-state index is 12.6. The van der Waals surface area contributed by atoms with Gasteiger partial charge in [-0.2, -0.15) is 10.2 Å². The van der Waals surface area contributed by atoms with Crippen molar-refractivity contribution < 1.29 is 9.53 Å². The van der Waals surface area contributed by atoms with E-state index in [1.807, 2.05) is 73.5 Å². The smallest absolute Gasteiger partial charge is 0.410 e. The Bertz CT molecular complexity index is 1540. The summed E-state index contributed by atoms with van der Waals surface area (Å²) in [6.07, 6.45) is 16.0. The summed E-state index contributed by atoms with van der Waals surface area (Å²) < 4.78 is 9.24. The molecule has 3 aromatic rings. The first kappa shape index (κ1) is 30.3. The molecule has 0 spiro atoms. The number of anilines is 2. The number of ether oxygens (including phenoxy) is 1. The summed E-state index contributed by atoms with van der Waals surface area (Å²) in [6.45, 7) is 17.5. The van der Waals surface area contributed by atoms with E-state index in [9.17, 15) is 4.79 Å². The van der Waals surface area contributed by atoms with Crippen LogP contribution in [0, 0.1) is 0 Å². The number of piperidine rings is 1. The van der Waals surface area contributed by atoms with Crippen LogP contribution in [0.5, 0.6) is 0 Å². The Balaban J connectivity index is 1.56. The highest BCUT2D eigenvalue weighted by Gasteiger charge is 2.30. The summed E-state index contributed by atoms with van der Waals surface area (Å²) in [4.78, 5) is 18.7. The molecule has 0 bridgehead atoms. The van der Waals surface area contributed by atoms with E-state index in [1.54, 1.807) is 11.0 Å². The molecule has 1 amide bonds. The van der Waals surface area contributed by atoms with Crippen molar-refractivity contribution in [2.45, 2.75) is 58.6 Å². The second kappa shape index (κ2) is 12.9. The molecule has 0 saturated carbocycles. The lowest BCUT2D eigenvalue weighted by Gasteiger charge is -2.33. The Kier molecular flexibility index (Phi) is 9.31. The van der Waals surface area contributed by atoms with Crippen LogP contribution in [0.15, 0.2) is 67.7 Å². The van der Waals surface area contributed by atoms with Gasteiger partial charge in [-0.1, -0.05) is 49.1 Å². The van der Waals surface area contributed by atoms with E-state index in [0.29, 0.717) is 31.3 Å². The molecule has 0 atom stereocenters. The third-order valence-electron chi connectivity index (χ3n) is 6.95. The Morgan fingerprint density at radius 3 is 2.67 bits per heavy atom. The molecule has 0 unspecified atom stereocenters. The molecule has 5 N–H and O–H groups in total. The van der Waals surface area contributed by atoms with Gasteiger partial charge in [0.1, 0.15) is 17.4 Å². The van der Waals surface area contributed by atoms with Crippen LogP contribution < -0.4 is 17.0 Å². The van der Waals surface area contributed by atoms with Gasteiger partial charge in [0.05, 0.1) is 6.54 Å². The van der Waals surface area contributed by atoms with Crippen LogP contribution in [0.2, 0.25) is 0 Å². The maximum absolute atomic E-state index is 12.6. The first-order valence-corrected chi connectivity index (χ1v) is 14.0. The third kappa shape index (κ3) is 7.16. The molecule has 4 heterocycles. The number of carbonyl (C=O) groups excluding carboxylic acids is 1. The van der Waals surface area contributed by atoms with E-state index >= 15 is 0 Å². The van der Waals surface area contributed by atoms with E-state index in [4.69, 9.17) is 16.3 Å². The average molecular weight is 572 g/mol. The fourth-order valence-electron chi connectivity index (χ4n) is 4.94. The third-order valence-corrected chi connectivity index (χ3v) is 6.95. The zero-order valence-corrected chi connectivity index (χ0v) is 24.9. The van der Waals surface area contributed by atoms with E-state index < -0.39 is 5.60 Å². The summed E-state index contributed by atoms with van der Waals surface area (Å²) in [5.41, 5.74) is 13.6. The number of hydrogen-bond donors (Lipinski definition) is 3. The number of nitrogens with one attached hydrogen (secondary N) is 1. The van der Waals surface area contributed by atoms with Crippen molar-refractivity contribution in [2.75, 3.05) is 24.2 Å². The summed E-state index contributed by atoms with van der Waals surface area (Å²) >= 11 is 0. The number of hydrogen-bond acceptors (Lipinski definition) is 8. The van der Waals surface area contributed by atoms with Gasteiger partial charge in [-0.15, -0.1) is 0 Å². The minimum Gasteiger partial charge on any atom is -0.444 e. The molecule has 222 valence electrons. The second-order valence-corrected chi connectivity index (χ2v) is 11.4. The molecule has 11 nitrogen and oxygen atoms in total. The van der Waals surface area contributed by atoms with E-state index in [2.05, 4.69) is 39.8 Å². The van der Waals surface area contributed by atoms with Gasteiger partial charge < -0.3 is 20.8 Å². The number of allylic oxidation sites excluding steroid dienone is 7. The number of likely N-dealkylation sites (tertiary alicyclic amines) is 1. The number of fused-ring (bicyclic) bond motifs is 1. The number of amides is 1. The first-order valence-electron chi connectivity index (χ1n) is 14.0. The van der Waals surface area contributed by atoms with Crippen LogP contribution in [0.4, 0.5) is 16.4 Å². The number of carbonyl (C=O) groups is 1. The van der Waals surface area contributed by atoms with E-state index in [-0.39, 0.29) is 12.0 Å². The van der Waals surface area contributed by atoms with Crippen molar-refractivity contribution in [2.24, 2.45) is 5.84 Å². The summed E-state index contributed by atoms with van der Waals surface area (Å²) in [7, 11) is 0. The van der Waals surface area contributed by atoms with Crippen molar-refractivity contribution in [3.63, 3.8) is 0 Å². The Labute approximate surface area is 246 Å². The number of nitrogens with two attached hydrogens (primary N) is 2. The second-order valence-electron chi connectivity index (χ2n) is 11.4. The zero-order valence-electron chi connectivity index (χ0n) is 24.9. The zero-order chi connectivity index (χ0) is 30.4. The van der Waals surface area contributed by atoms with Crippen molar-refractivity contribution in [1.82, 2.24) is 29.3 Å². The molecule has 0 aliphatic carbocycles. The summed E-state index contributed by atoms with van der Waals surface area (Å²) in [5, 5.41) is 9.00. The highest BCUT2D eigenvalue weighted by molar-refractivity contribution is 5.91. The van der Waals surface area contributed by atoms with Crippen molar-refractivity contribution in [1.29, 1.82) is 0 Å². The van der Waals surface area contributed by atoms with Gasteiger partial charge in [0, 0.05) is 42.0 Å². The molecule has 1 saturated heterocycles. The number of nitrogen functional groups attached to an aromatic ring is 2. The minimum atomic E-state index is -0.529. The van der Waals surface area contributed by atoms with Gasteiger partial charge >= 0.3 is 6.09 Å². The van der Waals surface area contributed by atoms with Crippen molar-refractivity contribution in [3.05, 3.63) is 84.5 Å². The Morgan fingerprint density at radius 2 is 2.00 bits per heavy atom. The maximum Gasteiger partial charge on any atom is 0.410 e. The van der Waals surface area contributed by atoms with Gasteiger partial charge in [0.25, 0.3) is 0 Å². The van der Waals surface area contributed by atoms with E-state index in [1.165, 1.54) is 6.33 Å². The fraction of sp³-hybridized carbons (Fsp3) is 0.355. The van der Waals surface area contributed by atoms with Gasteiger partial charge in [-0.3, -0.25) is 4.68 Å². The minimum absolute atomic E-state index is 0.175. The largest absolute Gasteiger partial charge is 0.444 e. The van der Waals surface area contributed by atoms with Gasteiger partial charge in [0.2, 0.25) is 0 Å². The lowest BCUT2D eigenvalue weighted by atomic mass is 9.93. The molecule has 11 heteroatoms. The predicted molar refractivity (Wildman–Crippen MR) is 168 cm³/mol. The molecule has 1 fully saturated rings. The molecular formula is C31H41N9O2. The van der Waals surface area contributed by atoms with Crippen molar-refractivity contribution in [3.8, 4) is 0 Å². The van der Waals surface area contributed by atoms with Gasteiger partial charge in [-0.05, 0) is 58.3 Å². The number of nitrogens with zero attached hydrogens (tertiary/aromatic N) is 6. The summed E-state index contributed by atoms with van der Waals surface area (Å²) in [5.74, 6) is 6.94. The SMILES string of the molecule is C=C/C=C\C=C(/C)Cn1cc(/C=C\C(=C)c2cc(C3CCN(C(=O)OC(C)(C)C)CC3)n3ncnc(NN)c23)c(N)n1. The number of rotatable bonds is 9. The standard InChI is InChI=1S/C31H41N9O2/c1-7-8-9-10-21(2)18-39-19-24(28(32)37-39)12-11-22(3)25-17-26(40-27(25)29(36-33)34-20-35-40)23-13-15-38(16-14-23)30(41)42-31(4,5)6/h7-12,17,19-20,23H,1,3,13-16,18,33H2,2,4-6H3,(H2,32,37)(H,34,35,36)/b9-8-,12-11-,21-10+. The predicted octanol–water partition coefficient (Wildman–Crippen LogP) is 5.32. The topological polar surface area (TPSA) is 142 Å². The molecule has 0 aromatic carbocycles. The fourth-order valence-corrected chi connectivity index (χ4v) is 4.94. The molecule has 3 aromatic heterocycles. The number of hydrazine groups is 1. The van der Waals surface area contributed by atoms with E-state index in [0.717, 1.165) is 46.3 Å². The molecule has 1 aliphatic rings. The van der Waals surface area contributed by atoms with Crippen LogP contribution in [-0.2, 0) is 11.3 Å². The van der Waals surface area contributed by atoms with Crippen LogP contribution in [-0.4, -0.2) is 54.1 Å². The van der Waals surface area contributed by atoms with Gasteiger partial charge in [-0.25, -0.2) is 20.1 Å². The summed E-state index contributed by atoms with van der Waals surface area (Å²) in [6, 6.07) is 2.09. The molecule has 4 rings (SSSR count). The lowest BCUT2D eigenvalue weighted by molar-refractivity contribution is 0.0203. The molecular weight excluding hydrogens is 530 g/mol. The monoisotopic (exact) mass is 571 g/mol. The highest BCUT2D eigenvalue weighted by atomic mass is 16.6. The normalized spacial score (nSPS) is 15.2. The first-order chi connectivity index (χ1) is 20.0. The highest BCUT2D eigenvalue weighted by Crippen LogP contribution is 2.35. The Morgan fingerprint density at radius 1 is 1.26 bits per heavy atom. The van der Waals surface area contributed by atoms with Crippen LogP contribution in [0.3, 0.4) is 0 Å². The van der Waals surface area contributed by atoms with Crippen molar-refractivity contribution >= 4 is 34.9 Å².